The SMILES string of the molecule is [2H]c1c([2H])c(N(c2cc(Cl)cc(Cc3c([2H])c([2H])c(C(C)(C)C)c([2H])c3[2H])c2)c2c([2H])c([2H])c(C(C)(C)C)c([2H])c2[2H])c([2H])c(C(C)(C)C)c1[2H].[2H]c1oc2c([2H])c(C(C)(C)C)c([2H])c([2H])c2c1Br.[2H]c1oc2c([2H])c(C(C)(C)C)c([2H])c([2H])c2c1N(c1cc(Cl)cc(N(c2c([2H])c([2H])c(C(C)(C)C)c([2H])c2[2H])c2c([2H])c([2H])c([2H])c(C(C)(C)C)c2[2H])c1)c1c([2H])c([2H])c(C(C)(C)C)c([2H])c1[2H]. The Kier molecular flexibility index (Phi) is 13.6. The molecule has 0 radical (unpaired) electrons. The van der Waals surface area contributed by atoms with E-state index in [1.54, 1.807) is 137 Å². The van der Waals surface area contributed by atoms with Crippen LogP contribution in [0.4, 0.5) is 51.2 Å². The molecule has 5 nitrogen and oxygen atoms in total. The van der Waals surface area contributed by atoms with Gasteiger partial charge in [0.15, 0.2) is 0 Å². The number of rotatable bonds is 11. The molecule has 548 valence electrons. The molecule has 12 rings (SSSR count). The normalized spacial score (nSPS) is 16.8. The summed E-state index contributed by atoms with van der Waals surface area (Å²) in [4.78, 5) is 3.41. The first-order valence-electron chi connectivity index (χ1n) is 50.6. The van der Waals surface area contributed by atoms with Gasteiger partial charge in [0.05, 0.1) is 51.3 Å². The van der Waals surface area contributed by atoms with Gasteiger partial charge in [0.1, 0.15) is 26.4 Å². The molecule has 0 amide bonds. The van der Waals surface area contributed by atoms with Gasteiger partial charge < -0.3 is 23.5 Å². The van der Waals surface area contributed by atoms with Crippen LogP contribution in [0.3, 0.4) is 0 Å². The van der Waals surface area contributed by atoms with Crippen LogP contribution >= 0.6 is 39.1 Å². The van der Waals surface area contributed by atoms with Crippen molar-refractivity contribution in [3.05, 3.63) is 300 Å². The molecule has 0 saturated heterocycles. The molecule has 12 aromatic rings. The van der Waals surface area contributed by atoms with E-state index in [-0.39, 0.29) is 196 Å². The van der Waals surface area contributed by atoms with Crippen LogP contribution in [0.2, 0.25) is 10.0 Å². The molecule has 8 heteroatoms. The average Bonchev–Trinajstić information content (AvgIpc) is 1.68. The number of benzene rings is 10. The smallest absolute Gasteiger partial charge is 0.136 e. The minimum atomic E-state index is -0.976. The third kappa shape index (κ3) is 19.5. The zero-order chi connectivity index (χ0) is 105. The van der Waals surface area contributed by atoms with Crippen molar-refractivity contribution in [3.8, 4) is 0 Å². The van der Waals surface area contributed by atoms with Crippen molar-refractivity contribution in [1.29, 1.82) is 0 Å². The van der Waals surface area contributed by atoms with Gasteiger partial charge in [0.2, 0.25) is 0 Å². The largest absolute Gasteiger partial charge is 0.463 e. The lowest BCUT2D eigenvalue weighted by molar-refractivity contribution is 0.582. The number of hydrogen-bond acceptors (Lipinski definition) is 5. The lowest BCUT2D eigenvalue weighted by Gasteiger charge is -2.31. The highest BCUT2D eigenvalue weighted by molar-refractivity contribution is 9.10. The molecule has 0 fully saturated rings. The van der Waals surface area contributed by atoms with Crippen molar-refractivity contribution < 1.29 is 52.7 Å². The number of hydrogen-bond donors (Lipinski definition) is 0. The van der Waals surface area contributed by atoms with E-state index in [0.717, 1.165) is 9.80 Å². The summed E-state index contributed by atoms with van der Waals surface area (Å²) in [5.74, 6) is 0. The van der Waals surface area contributed by atoms with Gasteiger partial charge >= 0.3 is 0 Å². The van der Waals surface area contributed by atoms with Crippen LogP contribution in [0, 0.1) is 0 Å². The minimum absolute atomic E-state index is 0.0000463. The number of nitrogens with zero attached hydrogens (tertiary/aromatic N) is 3. The molecule has 0 spiro atoms. The van der Waals surface area contributed by atoms with E-state index in [1.165, 1.54) is 29.2 Å². The summed E-state index contributed by atoms with van der Waals surface area (Å²) in [5.41, 5.74) is -6.83. The maximum Gasteiger partial charge on any atom is 0.136 e. The molecule has 0 N–H and O–H groups in total. The van der Waals surface area contributed by atoms with Crippen molar-refractivity contribution in [2.75, 3.05) is 14.7 Å². The van der Waals surface area contributed by atoms with E-state index < -0.39 is 169 Å². The van der Waals surface area contributed by atoms with Crippen LogP contribution < -0.4 is 14.7 Å². The Morgan fingerprint density at radius 3 is 1.01 bits per heavy atom. The van der Waals surface area contributed by atoms with Crippen LogP contribution in [-0.2, 0) is 49.7 Å². The highest BCUT2D eigenvalue weighted by Crippen LogP contribution is 2.48. The fraction of sp³-hybridized carbons (Fsp3) is 0.340. The Hall–Kier alpha value is -8.26. The second-order valence-electron chi connectivity index (χ2n) is 34.1. The Morgan fingerprint density at radius 1 is 0.295 bits per heavy atom. The van der Waals surface area contributed by atoms with Crippen LogP contribution in [-0.4, -0.2) is 0 Å². The van der Waals surface area contributed by atoms with Gasteiger partial charge in [-0.1, -0.05) is 286 Å². The zero-order valence-corrected chi connectivity index (χ0v) is 67.6. The molecule has 0 bridgehead atoms. The van der Waals surface area contributed by atoms with Gasteiger partial charge in [-0.2, -0.15) is 0 Å². The molecule has 2 aromatic heterocycles. The number of halogens is 3. The topological polar surface area (TPSA) is 36.0 Å². The predicted molar refractivity (Wildman–Crippen MR) is 459 cm³/mol. The summed E-state index contributed by atoms with van der Waals surface area (Å²) < 4.78 is 299. The molecular formula is C97H112BrCl2N3O2. The summed E-state index contributed by atoms with van der Waals surface area (Å²) in [6.07, 6.45) is -0.914. The minimum Gasteiger partial charge on any atom is -0.463 e. The summed E-state index contributed by atoms with van der Waals surface area (Å²) in [7, 11) is 0. The van der Waals surface area contributed by atoms with Gasteiger partial charge in [-0.3, -0.25) is 0 Å². The fourth-order valence-corrected chi connectivity index (χ4v) is 11.1. The third-order valence-corrected chi connectivity index (χ3v) is 17.5. The fourth-order valence-electron chi connectivity index (χ4n) is 10.3. The van der Waals surface area contributed by atoms with Gasteiger partial charge in [-0.05, 0) is 242 Å². The van der Waals surface area contributed by atoms with Gasteiger partial charge in [0, 0.05) is 66.3 Å². The van der Waals surface area contributed by atoms with E-state index in [9.17, 15) is 21.9 Å². The monoisotopic (exact) mass is 1530 g/mol. The number of anilines is 9. The number of fused-ring (bicyclic) bond motifs is 2. The molecule has 0 aliphatic rings. The second-order valence-corrected chi connectivity index (χ2v) is 35.8. The third-order valence-electron chi connectivity index (χ3n) is 16.5. The van der Waals surface area contributed by atoms with E-state index >= 15 is 0 Å². The number of furan rings is 2. The van der Waals surface area contributed by atoms with Crippen molar-refractivity contribution in [3.63, 3.8) is 0 Å². The Labute approximate surface area is 693 Å². The van der Waals surface area contributed by atoms with Crippen molar-refractivity contribution >= 4 is 112 Å². The zero-order valence-electron chi connectivity index (χ0n) is 96.5. The Balaban J connectivity index is 0.000000245. The van der Waals surface area contributed by atoms with E-state index in [4.69, 9.17) is 54.0 Å². The van der Waals surface area contributed by atoms with Crippen LogP contribution in [0.25, 0.3) is 21.9 Å². The molecule has 105 heavy (non-hydrogen) atoms. The molecule has 0 aliphatic carbocycles. The Bertz CT molecular complexity index is 6870. The maximum absolute atomic E-state index is 9.65. The molecule has 10 aromatic carbocycles. The first-order valence-corrected chi connectivity index (χ1v) is 36.1. The quantitative estimate of drug-likeness (QED) is 0.129. The van der Waals surface area contributed by atoms with Crippen molar-refractivity contribution in [2.24, 2.45) is 0 Å². The van der Waals surface area contributed by atoms with Crippen molar-refractivity contribution in [2.45, 2.75) is 216 Å². The average molecular weight is 1530 g/mol. The molecule has 0 saturated carbocycles. The van der Waals surface area contributed by atoms with Crippen LogP contribution in [0.5, 0.6) is 0 Å². The maximum atomic E-state index is 9.65. The van der Waals surface area contributed by atoms with Gasteiger partial charge in [-0.25, -0.2) is 0 Å². The highest BCUT2D eigenvalue weighted by Gasteiger charge is 2.28. The highest BCUT2D eigenvalue weighted by atomic mass is 79.9. The lowest BCUT2D eigenvalue weighted by atomic mass is 9.86. The van der Waals surface area contributed by atoms with Gasteiger partial charge in [-0.15, -0.1) is 0 Å². The van der Waals surface area contributed by atoms with Crippen LogP contribution in [0.1, 0.15) is 266 Å². The molecule has 0 unspecified atom stereocenters. The predicted octanol–water partition coefficient (Wildman–Crippen LogP) is 31.0. The first-order chi connectivity index (χ1) is 62.2. The summed E-state index contributed by atoms with van der Waals surface area (Å²) in [5, 5.41) is 0.0822. The van der Waals surface area contributed by atoms with E-state index in [0.29, 0.717) is 21.0 Å². The summed E-state index contributed by atoms with van der Waals surface area (Å²) in [6.45, 7) is 42.5. The standard InChI is InChI=1S/C48H55ClN2O.C37H44ClN.C12H13BrO/c1-45(2,3)32-16-21-37(22-17-32)50(39-15-13-14-34(26-39)47(7,8)9)40-28-36(49)29-41(30-40)51(38-23-18-33(19-24-38)46(4,5)6)43-31-52-44-27-35(48(10,11)12)20-25-42(43)44;1-35(2,3)28-15-13-26(14-16-28)21-27-22-31(38)25-34(23-27)39(32-19-17-29(18-20-32)36(4,5)6)33-12-10-11-30(24-33)37(7,8)9;1-12(2,3)8-4-5-9-10(13)7-14-11(9)6-8/h13-31H,1-12H3;10-20,22-25H,21H2,1-9H3;4-7H,1-3H3/i13D,14D,15D,16D,17D,18D,19D,20D,21D,22D,23D,24D,25D,26D,27D,31D;10D,11D,12D,13D,14D,15D,16D,17D,18D,19D,20D,24D;4D,5D,6D,7D. The molecule has 0 atom stereocenters. The lowest BCUT2D eigenvalue weighted by Crippen LogP contribution is -2.16. The molecule has 2 heterocycles. The second kappa shape index (κ2) is 30.5. The van der Waals surface area contributed by atoms with E-state index in [1.807, 2.05) is 41.5 Å². The Morgan fingerprint density at radius 2 is 0.610 bits per heavy atom. The first kappa shape index (κ1) is 46.7. The van der Waals surface area contributed by atoms with Crippen LogP contribution in [0.15, 0.2) is 243 Å². The molecular weight excluding hydrogens is 1390 g/mol. The summed E-state index contributed by atoms with van der Waals surface area (Å²) in [6, 6.07) is -2.50. The summed E-state index contributed by atoms with van der Waals surface area (Å²) >= 11 is 16.9. The van der Waals surface area contributed by atoms with Crippen molar-refractivity contribution in [1.82, 2.24) is 0 Å². The van der Waals surface area contributed by atoms with Gasteiger partial charge in [0.25, 0.3) is 0 Å². The molecule has 0 aliphatic heterocycles. The van der Waals surface area contributed by atoms with E-state index in [2.05, 4.69) is 15.9 Å².